The van der Waals surface area contributed by atoms with E-state index in [9.17, 15) is 18.3 Å². The highest BCUT2D eigenvalue weighted by molar-refractivity contribution is 7.99. The van der Waals surface area contributed by atoms with E-state index < -0.39 is 27.4 Å². The lowest BCUT2D eigenvalue weighted by Gasteiger charge is -2.27. The Morgan fingerprint density at radius 2 is 2.00 bits per heavy atom. The zero-order valence-electron chi connectivity index (χ0n) is 12.8. The highest BCUT2D eigenvalue weighted by Gasteiger charge is 2.46. The topological polar surface area (TPSA) is 92.7 Å². The van der Waals surface area contributed by atoms with Gasteiger partial charge in [0.1, 0.15) is 0 Å². The zero-order chi connectivity index (χ0) is 16.1. The Balaban J connectivity index is 2.80. The lowest BCUT2D eigenvalue weighted by Crippen LogP contribution is -2.46. The fraction of sp³-hybridized carbons (Fsp3) is 0.923. The van der Waals surface area contributed by atoms with Gasteiger partial charge >= 0.3 is 5.97 Å². The third-order valence-corrected chi connectivity index (χ3v) is 6.88. The summed E-state index contributed by atoms with van der Waals surface area (Å²) < 4.78 is 32.1. The smallest absolute Gasteiger partial charge is 0.312 e. The minimum atomic E-state index is -3.62. The number of esters is 1. The molecule has 6 nitrogen and oxygen atoms in total. The SMILES string of the molecule is COC(=O)C1(CS(=O)(=O)NC(C)C(CO)SC)CCCC1. The molecule has 21 heavy (non-hydrogen) atoms. The fourth-order valence-electron chi connectivity index (χ4n) is 2.88. The average molecular weight is 339 g/mol. The maximum absolute atomic E-state index is 12.3. The van der Waals surface area contributed by atoms with Gasteiger partial charge in [0.15, 0.2) is 0 Å². The number of thioether (sulfide) groups is 1. The summed E-state index contributed by atoms with van der Waals surface area (Å²) in [5.41, 5.74) is -0.922. The van der Waals surface area contributed by atoms with E-state index in [4.69, 9.17) is 4.74 Å². The van der Waals surface area contributed by atoms with Crippen LogP contribution in [0.4, 0.5) is 0 Å². The molecule has 2 unspecified atom stereocenters. The normalized spacial score (nSPS) is 21.0. The van der Waals surface area contributed by atoms with Crippen LogP contribution in [0.15, 0.2) is 0 Å². The van der Waals surface area contributed by atoms with E-state index in [1.54, 1.807) is 6.92 Å². The first-order valence-corrected chi connectivity index (χ1v) is 9.96. The minimum absolute atomic E-state index is 0.104. The second-order valence-corrected chi connectivity index (χ2v) is 8.43. The Hall–Kier alpha value is -0.310. The molecule has 0 aromatic carbocycles. The fourth-order valence-corrected chi connectivity index (χ4v) is 5.54. The molecular weight excluding hydrogens is 314 g/mol. The van der Waals surface area contributed by atoms with Gasteiger partial charge in [-0.3, -0.25) is 4.79 Å². The summed E-state index contributed by atoms with van der Waals surface area (Å²) in [5, 5.41) is 9.01. The Morgan fingerprint density at radius 3 is 2.43 bits per heavy atom. The molecule has 2 N–H and O–H groups in total. The lowest BCUT2D eigenvalue weighted by atomic mass is 9.89. The van der Waals surface area contributed by atoms with Crippen LogP contribution in [0.5, 0.6) is 0 Å². The summed E-state index contributed by atoms with van der Waals surface area (Å²) >= 11 is 1.40. The number of nitrogens with one attached hydrogen (secondary N) is 1. The van der Waals surface area contributed by atoms with Crippen molar-refractivity contribution in [3.05, 3.63) is 0 Å². The summed E-state index contributed by atoms with van der Waals surface area (Å²) in [5.74, 6) is -0.689. The average Bonchev–Trinajstić information content (AvgIpc) is 2.87. The number of carbonyl (C=O) groups excluding carboxylic acids is 1. The summed E-state index contributed by atoms with van der Waals surface area (Å²) in [4.78, 5) is 12.0. The van der Waals surface area contributed by atoms with Crippen LogP contribution in [-0.2, 0) is 19.6 Å². The van der Waals surface area contributed by atoms with E-state index in [0.717, 1.165) is 12.8 Å². The van der Waals surface area contributed by atoms with Gasteiger partial charge < -0.3 is 9.84 Å². The lowest BCUT2D eigenvalue weighted by molar-refractivity contribution is -0.151. The van der Waals surface area contributed by atoms with Gasteiger partial charge in [0.2, 0.25) is 10.0 Å². The van der Waals surface area contributed by atoms with Gasteiger partial charge in [-0.25, -0.2) is 13.1 Å². The van der Waals surface area contributed by atoms with E-state index in [1.165, 1.54) is 18.9 Å². The number of rotatable bonds is 8. The molecular formula is C13H25NO5S2. The van der Waals surface area contributed by atoms with Gasteiger partial charge in [0.05, 0.1) is 24.9 Å². The van der Waals surface area contributed by atoms with Crippen molar-refractivity contribution in [2.45, 2.75) is 43.9 Å². The Labute approximate surface area is 131 Å². The molecule has 1 fully saturated rings. The van der Waals surface area contributed by atoms with Crippen LogP contribution in [0.1, 0.15) is 32.6 Å². The van der Waals surface area contributed by atoms with E-state index in [0.29, 0.717) is 12.8 Å². The highest BCUT2D eigenvalue weighted by Crippen LogP contribution is 2.40. The Kier molecular flexibility index (Phi) is 6.96. The van der Waals surface area contributed by atoms with Crippen molar-refractivity contribution >= 4 is 27.8 Å². The second kappa shape index (κ2) is 7.80. The first-order chi connectivity index (χ1) is 9.80. The van der Waals surface area contributed by atoms with Crippen molar-refractivity contribution in [2.75, 3.05) is 25.7 Å². The summed E-state index contributed by atoms with van der Waals surface area (Å²) in [6.45, 7) is 1.61. The molecule has 0 saturated heterocycles. The maximum Gasteiger partial charge on any atom is 0.312 e. The van der Waals surface area contributed by atoms with Crippen LogP contribution in [0, 0.1) is 5.41 Å². The predicted molar refractivity (Wildman–Crippen MR) is 83.7 cm³/mol. The largest absolute Gasteiger partial charge is 0.469 e. The molecule has 0 spiro atoms. The monoisotopic (exact) mass is 339 g/mol. The first-order valence-electron chi connectivity index (χ1n) is 7.02. The Morgan fingerprint density at radius 1 is 1.43 bits per heavy atom. The van der Waals surface area contributed by atoms with Gasteiger partial charge in [0.25, 0.3) is 0 Å². The highest BCUT2D eigenvalue weighted by atomic mass is 32.2. The van der Waals surface area contributed by atoms with E-state index >= 15 is 0 Å². The molecule has 1 rings (SSSR count). The van der Waals surface area contributed by atoms with Gasteiger partial charge in [-0.1, -0.05) is 12.8 Å². The quantitative estimate of drug-likeness (QED) is 0.634. The molecule has 0 amide bonds. The van der Waals surface area contributed by atoms with Crippen LogP contribution in [0.25, 0.3) is 0 Å². The number of aliphatic hydroxyl groups excluding tert-OH is 1. The van der Waals surface area contributed by atoms with Crippen molar-refractivity contribution in [1.82, 2.24) is 4.72 Å². The van der Waals surface area contributed by atoms with Crippen molar-refractivity contribution in [1.29, 1.82) is 0 Å². The molecule has 0 bridgehead atoms. The molecule has 0 radical (unpaired) electrons. The van der Waals surface area contributed by atoms with Crippen LogP contribution >= 0.6 is 11.8 Å². The van der Waals surface area contributed by atoms with Crippen molar-refractivity contribution < 1.29 is 23.1 Å². The van der Waals surface area contributed by atoms with Gasteiger partial charge in [-0.15, -0.1) is 0 Å². The predicted octanol–water partition coefficient (Wildman–Crippen LogP) is 0.752. The summed E-state index contributed by atoms with van der Waals surface area (Å²) in [6.07, 6.45) is 4.58. The van der Waals surface area contributed by atoms with Crippen LogP contribution in [0.3, 0.4) is 0 Å². The number of hydrogen-bond donors (Lipinski definition) is 2. The molecule has 0 aromatic heterocycles. The summed E-state index contributed by atoms with van der Waals surface area (Å²) in [6, 6.07) is -0.397. The van der Waals surface area contributed by atoms with Crippen LogP contribution in [-0.4, -0.2) is 56.5 Å². The molecule has 124 valence electrons. The van der Waals surface area contributed by atoms with Crippen LogP contribution in [0.2, 0.25) is 0 Å². The molecule has 0 aliphatic heterocycles. The molecule has 0 heterocycles. The molecule has 0 aromatic rings. The van der Waals surface area contributed by atoms with Gasteiger partial charge in [0, 0.05) is 11.3 Å². The zero-order valence-corrected chi connectivity index (χ0v) is 14.4. The van der Waals surface area contributed by atoms with Crippen molar-refractivity contribution in [3.8, 4) is 0 Å². The van der Waals surface area contributed by atoms with Crippen molar-refractivity contribution in [3.63, 3.8) is 0 Å². The third-order valence-electron chi connectivity index (χ3n) is 4.05. The molecule has 8 heteroatoms. The second-order valence-electron chi connectivity index (χ2n) is 5.60. The number of ether oxygens (including phenoxy) is 1. The molecule has 1 aliphatic rings. The molecule has 1 saturated carbocycles. The number of hydrogen-bond acceptors (Lipinski definition) is 6. The Bertz CT molecular complexity index is 441. The maximum atomic E-state index is 12.3. The van der Waals surface area contributed by atoms with Crippen molar-refractivity contribution in [2.24, 2.45) is 5.41 Å². The van der Waals surface area contributed by atoms with Gasteiger partial charge in [-0.05, 0) is 26.0 Å². The van der Waals surface area contributed by atoms with E-state index in [1.807, 2.05) is 6.26 Å². The first kappa shape index (κ1) is 18.7. The van der Waals surface area contributed by atoms with Gasteiger partial charge in [-0.2, -0.15) is 11.8 Å². The third kappa shape index (κ3) is 4.84. The van der Waals surface area contributed by atoms with E-state index in [-0.39, 0.29) is 17.6 Å². The molecule has 2 atom stereocenters. The summed E-state index contributed by atoms with van der Waals surface area (Å²) in [7, 11) is -2.33. The molecule has 1 aliphatic carbocycles. The standard InChI is InChI=1S/C13H25NO5S2/c1-10(11(8-15)20-3)14-21(17,18)9-13(12(16)19-2)6-4-5-7-13/h10-11,14-15H,4-9H2,1-3H3. The number of aliphatic hydroxyl groups is 1. The number of methoxy groups -OCH3 is 1. The number of sulfonamides is 1. The van der Waals surface area contributed by atoms with Crippen LogP contribution < -0.4 is 4.72 Å². The van der Waals surface area contributed by atoms with E-state index in [2.05, 4.69) is 4.72 Å². The number of carbonyl (C=O) groups is 1. The minimum Gasteiger partial charge on any atom is -0.469 e.